The van der Waals surface area contributed by atoms with Crippen molar-refractivity contribution in [2.75, 3.05) is 14.2 Å². The van der Waals surface area contributed by atoms with Crippen molar-refractivity contribution in [2.24, 2.45) is 0 Å². The van der Waals surface area contributed by atoms with Crippen molar-refractivity contribution in [3.63, 3.8) is 0 Å². The first-order chi connectivity index (χ1) is 9.56. The SMILES string of the molecule is CNC(c1cc(Cl)ccc1OC)c1ccc(C)nc1C. The van der Waals surface area contributed by atoms with Gasteiger partial charge in [0.05, 0.1) is 13.2 Å². The fourth-order valence-corrected chi connectivity index (χ4v) is 2.59. The summed E-state index contributed by atoms with van der Waals surface area (Å²) in [5.41, 5.74) is 4.15. The Morgan fingerprint density at radius 2 is 1.90 bits per heavy atom. The fourth-order valence-electron chi connectivity index (χ4n) is 2.41. The van der Waals surface area contributed by atoms with E-state index in [2.05, 4.69) is 16.4 Å². The molecule has 1 aromatic carbocycles. The summed E-state index contributed by atoms with van der Waals surface area (Å²) in [6.45, 7) is 4.01. The molecule has 3 nitrogen and oxygen atoms in total. The smallest absolute Gasteiger partial charge is 0.124 e. The number of aromatic nitrogens is 1. The van der Waals surface area contributed by atoms with E-state index in [1.54, 1.807) is 7.11 Å². The molecule has 20 heavy (non-hydrogen) atoms. The first kappa shape index (κ1) is 14.8. The van der Waals surface area contributed by atoms with Gasteiger partial charge in [0.1, 0.15) is 5.75 Å². The van der Waals surface area contributed by atoms with Crippen molar-refractivity contribution in [3.8, 4) is 5.75 Å². The molecule has 106 valence electrons. The second kappa shape index (κ2) is 6.25. The fraction of sp³-hybridized carbons (Fsp3) is 0.312. The zero-order valence-electron chi connectivity index (χ0n) is 12.2. The number of aryl methyl sites for hydroxylation is 2. The van der Waals surface area contributed by atoms with E-state index in [1.807, 2.05) is 45.2 Å². The molecule has 0 aliphatic rings. The van der Waals surface area contributed by atoms with Crippen LogP contribution in [-0.2, 0) is 0 Å². The van der Waals surface area contributed by atoms with Gasteiger partial charge in [-0.25, -0.2) is 0 Å². The molecular weight excluding hydrogens is 272 g/mol. The predicted molar refractivity (Wildman–Crippen MR) is 82.6 cm³/mol. The van der Waals surface area contributed by atoms with Crippen LogP contribution in [0.15, 0.2) is 30.3 Å². The number of rotatable bonds is 4. The summed E-state index contributed by atoms with van der Waals surface area (Å²) in [6, 6.07) is 9.76. The molecule has 0 spiro atoms. The average molecular weight is 291 g/mol. The maximum atomic E-state index is 6.13. The van der Waals surface area contributed by atoms with Crippen molar-refractivity contribution in [1.29, 1.82) is 0 Å². The summed E-state index contributed by atoms with van der Waals surface area (Å²) in [7, 11) is 3.59. The number of hydrogen-bond acceptors (Lipinski definition) is 3. The van der Waals surface area contributed by atoms with Crippen molar-refractivity contribution in [3.05, 3.63) is 57.9 Å². The molecule has 0 fully saturated rings. The third-order valence-corrected chi connectivity index (χ3v) is 3.60. The lowest BCUT2D eigenvalue weighted by Gasteiger charge is -2.21. The third kappa shape index (κ3) is 2.94. The van der Waals surface area contributed by atoms with E-state index in [-0.39, 0.29) is 6.04 Å². The monoisotopic (exact) mass is 290 g/mol. The molecule has 0 saturated carbocycles. The largest absolute Gasteiger partial charge is 0.496 e. The predicted octanol–water partition coefficient (Wildman–Crippen LogP) is 3.67. The lowest BCUT2D eigenvalue weighted by atomic mass is 9.96. The van der Waals surface area contributed by atoms with Crippen LogP contribution in [0.3, 0.4) is 0 Å². The normalized spacial score (nSPS) is 12.2. The van der Waals surface area contributed by atoms with Crippen LogP contribution in [0.25, 0.3) is 0 Å². The Labute approximate surface area is 124 Å². The summed E-state index contributed by atoms with van der Waals surface area (Å²) in [4.78, 5) is 4.53. The van der Waals surface area contributed by atoms with Crippen LogP contribution in [0.1, 0.15) is 28.6 Å². The van der Waals surface area contributed by atoms with Gasteiger partial charge >= 0.3 is 0 Å². The first-order valence-electron chi connectivity index (χ1n) is 6.51. The molecule has 1 heterocycles. The third-order valence-electron chi connectivity index (χ3n) is 3.37. The van der Waals surface area contributed by atoms with Crippen LogP contribution >= 0.6 is 11.6 Å². The molecule has 1 aromatic heterocycles. The number of benzene rings is 1. The molecule has 0 radical (unpaired) electrons. The minimum absolute atomic E-state index is 0.00301. The molecule has 1 N–H and O–H groups in total. The van der Waals surface area contributed by atoms with Crippen LogP contribution in [0.2, 0.25) is 5.02 Å². The van der Waals surface area contributed by atoms with Crippen LogP contribution in [-0.4, -0.2) is 19.1 Å². The standard InChI is InChI=1S/C16H19ClN2O/c1-10-5-7-13(11(2)19-10)16(18-3)14-9-12(17)6-8-15(14)20-4/h5-9,16,18H,1-4H3. The van der Waals surface area contributed by atoms with Gasteiger partial charge in [-0.15, -0.1) is 0 Å². The van der Waals surface area contributed by atoms with E-state index in [9.17, 15) is 0 Å². The van der Waals surface area contributed by atoms with Gasteiger partial charge in [-0.05, 0) is 50.7 Å². The lowest BCUT2D eigenvalue weighted by Crippen LogP contribution is -2.20. The van der Waals surface area contributed by atoms with E-state index < -0.39 is 0 Å². The number of nitrogens with one attached hydrogen (secondary N) is 1. The highest BCUT2D eigenvalue weighted by atomic mass is 35.5. The van der Waals surface area contributed by atoms with Crippen molar-refractivity contribution < 1.29 is 4.74 Å². The second-order valence-corrected chi connectivity index (χ2v) is 5.17. The van der Waals surface area contributed by atoms with Crippen molar-refractivity contribution in [1.82, 2.24) is 10.3 Å². The second-order valence-electron chi connectivity index (χ2n) is 4.74. The van der Waals surface area contributed by atoms with Crippen molar-refractivity contribution >= 4 is 11.6 Å². The molecule has 0 aliphatic carbocycles. The van der Waals surface area contributed by atoms with E-state index >= 15 is 0 Å². The summed E-state index contributed by atoms with van der Waals surface area (Å²) < 4.78 is 5.45. The summed E-state index contributed by atoms with van der Waals surface area (Å²) in [6.07, 6.45) is 0. The van der Waals surface area contributed by atoms with E-state index in [0.29, 0.717) is 5.02 Å². The van der Waals surface area contributed by atoms with Gasteiger partial charge < -0.3 is 10.1 Å². The highest BCUT2D eigenvalue weighted by Gasteiger charge is 2.19. The Bertz CT molecular complexity index is 613. The zero-order valence-corrected chi connectivity index (χ0v) is 13.0. The highest BCUT2D eigenvalue weighted by molar-refractivity contribution is 6.30. The number of pyridine rings is 1. The highest BCUT2D eigenvalue weighted by Crippen LogP contribution is 2.33. The number of nitrogens with zero attached hydrogens (tertiary/aromatic N) is 1. The minimum Gasteiger partial charge on any atom is -0.496 e. The molecule has 0 bridgehead atoms. The van der Waals surface area contributed by atoms with Gasteiger partial charge in [0.25, 0.3) is 0 Å². The summed E-state index contributed by atoms with van der Waals surface area (Å²) in [5, 5.41) is 4.01. The van der Waals surface area contributed by atoms with Gasteiger partial charge in [0.2, 0.25) is 0 Å². The van der Waals surface area contributed by atoms with E-state index in [4.69, 9.17) is 16.3 Å². The molecule has 0 saturated heterocycles. The van der Waals surface area contributed by atoms with Crippen LogP contribution < -0.4 is 10.1 Å². The number of methoxy groups -OCH3 is 1. The summed E-state index contributed by atoms with van der Waals surface area (Å²) in [5.74, 6) is 0.814. The van der Waals surface area contributed by atoms with Crippen LogP contribution in [0, 0.1) is 13.8 Å². The zero-order chi connectivity index (χ0) is 14.7. The maximum absolute atomic E-state index is 6.13. The first-order valence-corrected chi connectivity index (χ1v) is 6.89. The van der Waals surface area contributed by atoms with E-state index in [1.165, 1.54) is 0 Å². The Balaban J connectivity index is 2.54. The maximum Gasteiger partial charge on any atom is 0.124 e. The van der Waals surface area contributed by atoms with Crippen molar-refractivity contribution in [2.45, 2.75) is 19.9 Å². The Kier molecular flexibility index (Phi) is 4.63. The Morgan fingerprint density at radius 1 is 1.15 bits per heavy atom. The topological polar surface area (TPSA) is 34.1 Å². The van der Waals surface area contributed by atoms with Crippen LogP contribution in [0.5, 0.6) is 5.75 Å². The summed E-state index contributed by atoms with van der Waals surface area (Å²) >= 11 is 6.13. The van der Waals surface area contributed by atoms with Gasteiger partial charge in [-0.3, -0.25) is 4.98 Å². The molecule has 4 heteroatoms. The van der Waals surface area contributed by atoms with Gasteiger partial charge in [-0.1, -0.05) is 17.7 Å². The Hall–Kier alpha value is -1.58. The molecule has 1 atom stereocenters. The van der Waals surface area contributed by atoms with Gasteiger partial charge in [0.15, 0.2) is 0 Å². The van der Waals surface area contributed by atoms with Gasteiger partial charge in [-0.2, -0.15) is 0 Å². The average Bonchev–Trinajstić information content (AvgIpc) is 2.42. The number of hydrogen-bond donors (Lipinski definition) is 1. The quantitative estimate of drug-likeness (QED) is 0.933. The molecule has 0 amide bonds. The Morgan fingerprint density at radius 3 is 2.50 bits per heavy atom. The number of ether oxygens (including phenoxy) is 1. The molecule has 0 aliphatic heterocycles. The minimum atomic E-state index is -0.00301. The number of halogens is 1. The lowest BCUT2D eigenvalue weighted by molar-refractivity contribution is 0.405. The molecule has 2 aromatic rings. The molecular formula is C16H19ClN2O. The molecule has 2 rings (SSSR count). The van der Waals surface area contributed by atoms with Gasteiger partial charge in [0, 0.05) is 22.0 Å². The molecule has 1 unspecified atom stereocenters. The van der Waals surface area contributed by atoms with E-state index in [0.717, 1.165) is 28.3 Å². The van der Waals surface area contributed by atoms with Crippen LogP contribution in [0.4, 0.5) is 0 Å².